The predicted octanol–water partition coefficient (Wildman–Crippen LogP) is 1.00. The van der Waals surface area contributed by atoms with Crippen molar-refractivity contribution in [3.05, 3.63) is 23.9 Å². The van der Waals surface area contributed by atoms with Crippen molar-refractivity contribution in [3.63, 3.8) is 0 Å². The number of methoxy groups -OCH3 is 1. The van der Waals surface area contributed by atoms with Crippen molar-refractivity contribution in [1.29, 1.82) is 0 Å². The maximum atomic E-state index is 11.5. The Morgan fingerprint density at radius 2 is 2.17 bits per heavy atom. The van der Waals surface area contributed by atoms with E-state index in [1.54, 1.807) is 13.3 Å². The van der Waals surface area contributed by atoms with Crippen LogP contribution in [0.5, 0.6) is 5.88 Å². The van der Waals surface area contributed by atoms with Crippen LogP contribution in [0.2, 0.25) is 0 Å². The molecule has 5 nitrogen and oxygen atoms in total. The highest BCUT2D eigenvalue weighted by Crippen LogP contribution is 2.12. The lowest BCUT2D eigenvalue weighted by Gasteiger charge is -2.08. The molecule has 1 aromatic heterocycles. The Labute approximate surface area is 108 Å². The first-order valence-electron chi connectivity index (χ1n) is 5.98. The molecule has 18 heavy (non-hydrogen) atoms. The minimum absolute atomic E-state index is 0.170. The Morgan fingerprint density at radius 3 is 2.83 bits per heavy atom. The summed E-state index contributed by atoms with van der Waals surface area (Å²) < 4.78 is 28.1. The summed E-state index contributed by atoms with van der Waals surface area (Å²) in [4.78, 5) is 4.07. The van der Waals surface area contributed by atoms with Crippen LogP contribution in [-0.4, -0.2) is 38.6 Å². The number of sulfone groups is 1. The molecule has 0 aliphatic rings. The summed E-state index contributed by atoms with van der Waals surface area (Å²) in [7, 11) is -1.34. The van der Waals surface area contributed by atoms with Crippen molar-refractivity contribution in [3.8, 4) is 5.88 Å². The summed E-state index contributed by atoms with van der Waals surface area (Å²) in [5, 5.41) is 3.09. The molecule has 0 bridgehead atoms. The Balaban J connectivity index is 2.38. The van der Waals surface area contributed by atoms with Gasteiger partial charge in [0.05, 0.1) is 12.9 Å². The van der Waals surface area contributed by atoms with Gasteiger partial charge in [-0.2, -0.15) is 0 Å². The van der Waals surface area contributed by atoms with Crippen LogP contribution in [0.15, 0.2) is 18.3 Å². The minimum atomic E-state index is -2.91. The van der Waals surface area contributed by atoms with Crippen LogP contribution in [-0.2, 0) is 16.4 Å². The summed E-state index contributed by atoms with van der Waals surface area (Å²) in [6.07, 6.45) is 2.33. The molecule has 0 aromatic carbocycles. The molecule has 1 rings (SSSR count). The zero-order chi connectivity index (χ0) is 13.4. The third-order valence-electron chi connectivity index (χ3n) is 2.46. The quantitative estimate of drug-likeness (QED) is 0.715. The molecule has 0 spiro atoms. The van der Waals surface area contributed by atoms with Gasteiger partial charge in [0.15, 0.2) is 9.84 Å². The van der Waals surface area contributed by atoms with Crippen LogP contribution in [0.3, 0.4) is 0 Å². The van der Waals surface area contributed by atoms with E-state index in [-0.39, 0.29) is 11.5 Å². The lowest BCUT2D eigenvalue weighted by molar-refractivity contribution is 0.391. The largest absolute Gasteiger partial charge is 0.481 e. The molecule has 102 valence electrons. The van der Waals surface area contributed by atoms with E-state index < -0.39 is 9.84 Å². The highest BCUT2D eigenvalue weighted by molar-refractivity contribution is 7.91. The van der Waals surface area contributed by atoms with Crippen LogP contribution in [0.25, 0.3) is 0 Å². The number of hydrogen-bond donors (Lipinski definition) is 1. The highest BCUT2D eigenvalue weighted by Gasteiger charge is 2.09. The second kappa shape index (κ2) is 7.33. The first-order valence-corrected chi connectivity index (χ1v) is 7.80. The minimum Gasteiger partial charge on any atom is -0.481 e. The summed E-state index contributed by atoms with van der Waals surface area (Å²) in [6, 6.07) is 3.73. The topological polar surface area (TPSA) is 68.3 Å². The molecule has 0 unspecified atom stereocenters. The van der Waals surface area contributed by atoms with Crippen molar-refractivity contribution < 1.29 is 13.2 Å². The summed E-state index contributed by atoms with van der Waals surface area (Å²) >= 11 is 0. The van der Waals surface area contributed by atoms with E-state index >= 15 is 0 Å². The third kappa shape index (κ3) is 5.01. The van der Waals surface area contributed by atoms with Gasteiger partial charge in [0.25, 0.3) is 0 Å². The van der Waals surface area contributed by atoms with E-state index in [2.05, 4.69) is 10.3 Å². The van der Waals surface area contributed by atoms with Gasteiger partial charge in [-0.1, -0.05) is 13.0 Å². The molecular weight excluding hydrogens is 252 g/mol. The maximum Gasteiger partial charge on any atom is 0.217 e. The zero-order valence-corrected chi connectivity index (χ0v) is 11.7. The number of hydrogen-bond acceptors (Lipinski definition) is 5. The molecule has 0 saturated carbocycles. The van der Waals surface area contributed by atoms with Gasteiger partial charge >= 0.3 is 0 Å². The molecule has 0 saturated heterocycles. The molecule has 1 aromatic rings. The standard InChI is InChI=1S/C12H20N2O3S/c1-3-8-18(15,16)9-7-13-10-11-5-4-6-14-12(11)17-2/h4-6,13H,3,7-10H2,1-2H3. The number of aromatic nitrogens is 1. The molecule has 1 N–H and O–H groups in total. The van der Waals surface area contributed by atoms with Gasteiger partial charge in [0.1, 0.15) is 0 Å². The average Bonchev–Trinajstić information content (AvgIpc) is 2.35. The number of nitrogens with zero attached hydrogens (tertiary/aromatic N) is 1. The van der Waals surface area contributed by atoms with Crippen molar-refractivity contribution in [1.82, 2.24) is 10.3 Å². The van der Waals surface area contributed by atoms with Gasteiger partial charge in [-0.05, 0) is 12.5 Å². The van der Waals surface area contributed by atoms with Crippen molar-refractivity contribution in [2.75, 3.05) is 25.2 Å². The normalized spacial score (nSPS) is 11.4. The highest BCUT2D eigenvalue weighted by atomic mass is 32.2. The van der Waals surface area contributed by atoms with E-state index in [0.717, 1.165) is 5.56 Å². The molecule has 0 atom stereocenters. The summed E-state index contributed by atoms with van der Waals surface area (Å²) in [5.74, 6) is 0.996. The molecule has 6 heteroatoms. The monoisotopic (exact) mass is 272 g/mol. The van der Waals surface area contributed by atoms with E-state index in [0.29, 0.717) is 25.4 Å². The lowest BCUT2D eigenvalue weighted by atomic mass is 10.2. The number of pyridine rings is 1. The van der Waals surface area contributed by atoms with Gasteiger partial charge in [0, 0.05) is 30.6 Å². The Bertz CT molecular complexity index is 460. The van der Waals surface area contributed by atoms with Gasteiger partial charge in [0.2, 0.25) is 5.88 Å². The predicted molar refractivity (Wildman–Crippen MR) is 71.4 cm³/mol. The lowest BCUT2D eigenvalue weighted by Crippen LogP contribution is -2.24. The number of nitrogens with one attached hydrogen (secondary N) is 1. The first-order chi connectivity index (χ1) is 8.59. The van der Waals surface area contributed by atoms with Crippen LogP contribution >= 0.6 is 0 Å². The SMILES string of the molecule is CCCS(=O)(=O)CCNCc1cccnc1OC. The van der Waals surface area contributed by atoms with Crippen LogP contribution in [0.1, 0.15) is 18.9 Å². The van der Waals surface area contributed by atoms with Gasteiger partial charge in [-0.15, -0.1) is 0 Å². The molecule has 0 fully saturated rings. The Hall–Kier alpha value is -1.14. The molecular formula is C12H20N2O3S. The van der Waals surface area contributed by atoms with E-state index in [4.69, 9.17) is 4.74 Å². The van der Waals surface area contributed by atoms with Crippen molar-refractivity contribution >= 4 is 9.84 Å². The molecule has 0 aliphatic carbocycles. The second-order valence-corrected chi connectivity index (χ2v) is 6.30. The van der Waals surface area contributed by atoms with Crippen molar-refractivity contribution in [2.24, 2.45) is 0 Å². The van der Waals surface area contributed by atoms with E-state index in [1.165, 1.54) is 0 Å². The smallest absolute Gasteiger partial charge is 0.217 e. The van der Waals surface area contributed by atoms with Crippen LogP contribution in [0.4, 0.5) is 0 Å². The molecule has 0 amide bonds. The second-order valence-electron chi connectivity index (χ2n) is 4.00. The van der Waals surface area contributed by atoms with Crippen LogP contribution < -0.4 is 10.1 Å². The molecule has 0 radical (unpaired) electrons. The number of ether oxygens (including phenoxy) is 1. The first kappa shape index (κ1) is 14.9. The van der Waals surface area contributed by atoms with E-state index in [9.17, 15) is 8.42 Å². The Morgan fingerprint density at radius 1 is 1.39 bits per heavy atom. The van der Waals surface area contributed by atoms with E-state index in [1.807, 2.05) is 19.1 Å². The zero-order valence-electron chi connectivity index (χ0n) is 10.8. The fourth-order valence-electron chi connectivity index (χ4n) is 1.61. The van der Waals surface area contributed by atoms with Crippen molar-refractivity contribution in [2.45, 2.75) is 19.9 Å². The van der Waals surface area contributed by atoms with Crippen LogP contribution in [0, 0.1) is 0 Å². The summed E-state index contributed by atoms with van der Waals surface area (Å²) in [5.41, 5.74) is 0.924. The summed E-state index contributed by atoms with van der Waals surface area (Å²) in [6.45, 7) is 2.87. The fourth-order valence-corrected chi connectivity index (χ4v) is 2.89. The third-order valence-corrected chi connectivity index (χ3v) is 4.32. The number of rotatable bonds is 8. The molecule has 0 aliphatic heterocycles. The average molecular weight is 272 g/mol. The van der Waals surface area contributed by atoms with Gasteiger partial charge in [-0.25, -0.2) is 13.4 Å². The fraction of sp³-hybridized carbons (Fsp3) is 0.583. The van der Waals surface area contributed by atoms with Gasteiger partial charge < -0.3 is 10.1 Å². The molecule has 1 heterocycles. The maximum absolute atomic E-state index is 11.5. The van der Waals surface area contributed by atoms with Gasteiger partial charge in [-0.3, -0.25) is 0 Å². The Kier molecular flexibility index (Phi) is 6.07.